The van der Waals surface area contributed by atoms with Gasteiger partial charge in [0, 0.05) is 25.1 Å². The Hall–Kier alpha value is -0.120. The highest BCUT2D eigenvalue weighted by Crippen LogP contribution is 2.35. The van der Waals surface area contributed by atoms with Gasteiger partial charge in [-0.2, -0.15) is 0 Å². The largest absolute Gasteiger partial charge is 0.396 e. The van der Waals surface area contributed by atoms with Crippen LogP contribution in [0.4, 0.5) is 0 Å². The van der Waals surface area contributed by atoms with Gasteiger partial charge in [0.1, 0.15) is 0 Å². The lowest BCUT2D eigenvalue weighted by atomic mass is 9.74. The Morgan fingerprint density at radius 1 is 1.12 bits per heavy atom. The van der Waals surface area contributed by atoms with E-state index in [9.17, 15) is 10.2 Å². The highest BCUT2D eigenvalue weighted by Gasteiger charge is 2.32. The lowest BCUT2D eigenvalue weighted by Crippen LogP contribution is -2.45. The van der Waals surface area contributed by atoms with Crippen molar-refractivity contribution in [2.75, 3.05) is 19.7 Å². The summed E-state index contributed by atoms with van der Waals surface area (Å²) in [4.78, 5) is 0. The first-order valence-corrected chi connectivity index (χ1v) is 7.14. The molecule has 3 N–H and O–H groups in total. The highest BCUT2D eigenvalue weighted by atomic mass is 16.3. The predicted molar refractivity (Wildman–Crippen MR) is 71.0 cm³/mol. The first-order chi connectivity index (χ1) is 8.10. The number of rotatable bonds is 7. The van der Waals surface area contributed by atoms with Crippen LogP contribution in [0.25, 0.3) is 0 Å². The SMILES string of the molecule is CCC(O)(CC)CNCC1(CO)CCCCC1. The van der Waals surface area contributed by atoms with E-state index < -0.39 is 5.60 Å². The van der Waals surface area contributed by atoms with Crippen molar-refractivity contribution in [2.24, 2.45) is 5.41 Å². The maximum absolute atomic E-state index is 10.2. The summed E-state index contributed by atoms with van der Waals surface area (Å²) >= 11 is 0. The van der Waals surface area contributed by atoms with E-state index in [1.807, 2.05) is 13.8 Å². The van der Waals surface area contributed by atoms with E-state index in [-0.39, 0.29) is 12.0 Å². The highest BCUT2D eigenvalue weighted by molar-refractivity contribution is 4.86. The molecule has 3 heteroatoms. The third-order valence-electron chi connectivity index (χ3n) is 4.52. The third kappa shape index (κ3) is 4.23. The Morgan fingerprint density at radius 3 is 2.18 bits per heavy atom. The van der Waals surface area contributed by atoms with Crippen LogP contribution in [0.2, 0.25) is 0 Å². The van der Waals surface area contributed by atoms with Gasteiger partial charge in [0.25, 0.3) is 0 Å². The van der Waals surface area contributed by atoms with Crippen LogP contribution in [0.3, 0.4) is 0 Å². The van der Waals surface area contributed by atoms with Gasteiger partial charge in [0.05, 0.1) is 5.60 Å². The normalized spacial score (nSPS) is 20.5. The Morgan fingerprint density at radius 2 is 1.71 bits per heavy atom. The van der Waals surface area contributed by atoms with Crippen molar-refractivity contribution in [3.05, 3.63) is 0 Å². The standard InChI is InChI=1S/C14H29NO2/c1-3-14(17,4-2)11-15-10-13(12-16)8-6-5-7-9-13/h15-17H,3-12H2,1-2H3. The molecule has 102 valence electrons. The van der Waals surface area contributed by atoms with E-state index in [4.69, 9.17) is 0 Å². The Labute approximate surface area is 106 Å². The van der Waals surface area contributed by atoms with E-state index in [1.165, 1.54) is 19.3 Å². The van der Waals surface area contributed by atoms with Gasteiger partial charge < -0.3 is 15.5 Å². The molecular formula is C14H29NO2. The number of aliphatic hydroxyl groups is 2. The second-order valence-electron chi connectivity index (χ2n) is 5.75. The molecule has 0 saturated heterocycles. The Bertz CT molecular complexity index is 208. The minimum atomic E-state index is -0.578. The van der Waals surface area contributed by atoms with Crippen LogP contribution in [-0.2, 0) is 0 Å². The molecule has 1 saturated carbocycles. The van der Waals surface area contributed by atoms with Crippen molar-refractivity contribution in [3.63, 3.8) is 0 Å². The zero-order chi connectivity index (χ0) is 12.8. The summed E-state index contributed by atoms with van der Waals surface area (Å²) in [6, 6.07) is 0. The van der Waals surface area contributed by atoms with Crippen LogP contribution in [0.15, 0.2) is 0 Å². The summed E-state index contributed by atoms with van der Waals surface area (Å²) in [5.74, 6) is 0. The van der Waals surface area contributed by atoms with Crippen molar-refractivity contribution in [2.45, 2.75) is 64.4 Å². The molecule has 0 unspecified atom stereocenters. The second kappa shape index (κ2) is 6.72. The fraction of sp³-hybridized carbons (Fsp3) is 1.00. The topological polar surface area (TPSA) is 52.5 Å². The molecule has 0 aliphatic heterocycles. The third-order valence-corrected chi connectivity index (χ3v) is 4.52. The molecule has 0 atom stereocenters. The van der Waals surface area contributed by atoms with Gasteiger partial charge in [-0.15, -0.1) is 0 Å². The first kappa shape index (κ1) is 14.9. The molecule has 0 amide bonds. The van der Waals surface area contributed by atoms with Gasteiger partial charge in [-0.1, -0.05) is 33.1 Å². The summed E-state index contributed by atoms with van der Waals surface area (Å²) in [5, 5.41) is 23.2. The quantitative estimate of drug-likeness (QED) is 0.641. The van der Waals surface area contributed by atoms with Crippen LogP contribution in [0.5, 0.6) is 0 Å². The van der Waals surface area contributed by atoms with Gasteiger partial charge in [-0.25, -0.2) is 0 Å². The molecular weight excluding hydrogens is 214 g/mol. The fourth-order valence-electron chi connectivity index (χ4n) is 2.75. The fourth-order valence-corrected chi connectivity index (χ4v) is 2.75. The molecule has 1 fully saturated rings. The van der Waals surface area contributed by atoms with E-state index in [2.05, 4.69) is 5.32 Å². The Kier molecular flexibility index (Phi) is 5.90. The molecule has 0 aromatic rings. The number of aliphatic hydroxyl groups excluding tert-OH is 1. The van der Waals surface area contributed by atoms with E-state index in [0.717, 1.165) is 32.2 Å². The first-order valence-electron chi connectivity index (χ1n) is 7.14. The average Bonchev–Trinajstić information content (AvgIpc) is 2.39. The van der Waals surface area contributed by atoms with E-state index in [1.54, 1.807) is 0 Å². The van der Waals surface area contributed by atoms with Gasteiger partial charge in [-0.3, -0.25) is 0 Å². The zero-order valence-electron chi connectivity index (χ0n) is 11.5. The summed E-state index contributed by atoms with van der Waals surface area (Å²) in [6.07, 6.45) is 7.56. The predicted octanol–water partition coefficient (Wildman–Crippen LogP) is 2.07. The number of nitrogens with one attached hydrogen (secondary N) is 1. The van der Waals surface area contributed by atoms with Crippen LogP contribution in [-0.4, -0.2) is 35.5 Å². The maximum Gasteiger partial charge on any atom is 0.0766 e. The van der Waals surface area contributed by atoms with Crippen LogP contribution in [0, 0.1) is 5.41 Å². The minimum absolute atomic E-state index is 0.0701. The molecule has 0 bridgehead atoms. The van der Waals surface area contributed by atoms with Crippen molar-refractivity contribution in [3.8, 4) is 0 Å². The van der Waals surface area contributed by atoms with Gasteiger partial charge >= 0.3 is 0 Å². The Balaban J connectivity index is 2.37. The van der Waals surface area contributed by atoms with Crippen molar-refractivity contribution >= 4 is 0 Å². The molecule has 1 aliphatic carbocycles. The molecule has 0 radical (unpaired) electrons. The molecule has 0 aromatic carbocycles. The van der Waals surface area contributed by atoms with Gasteiger partial charge in [0.15, 0.2) is 0 Å². The van der Waals surface area contributed by atoms with Crippen LogP contribution in [0.1, 0.15) is 58.8 Å². The molecule has 0 heterocycles. The smallest absolute Gasteiger partial charge is 0.0766 e. The van der Waals surface area contributed by atoms with Gasteiger partial charge in [0.2, 0.25) is 0 Å². The average molecular weight is 243 g/mol. The molecule has 3 nitrogen and oxygen atoms in total. The van der Waals surface area contributed by atoms with E-state index in [0.29, 0.717) is 6.54 Å². The monoisotopic (exact) mass is 243 g/mol. The van der Waals surface area contributed by atoms with Crippen molar-refractivity contribution < 1.29 is 10.2 Å². The lowest BCUT2D eigenvalue weighted by Gasteiger charge is -2.37. The van der Waals surface area contributed by atoms with E-state index >= 15 is 0 Å². The summed E-state index contributed by atoms with van der Waals surface area (Å²) in [6.45, 7) is 5.80. The molecule has 1 rings (SSSR count). The second-order valence-corrected chi connectivity index (χ2v) is 5.75. The van der Waals surface area contributed by atoms with Crippen molar-refractivity contribution in [1.29, 1.82) is 0 Å². The van der Waals surface area contributed by atoms with Gasteiger partial charge in [-0.05, 0) is 25.7 Å². The number of hydrogen-bond donors (Lipinski definition) is 3. The molecule has 17 heavy (non-hydrogen) atoms. The zero-order valence-corrected chi connectivity index (χ0v) is 11.5. The van der Waals surface area contributed by atoms with Crippen LogP contribution < -0.4 is 5.32 Å². The van der Waals surface area contributed by atoms with Crippen LogP contribution >= 0.6 is 0 Å². The summed E-state index contributed by atoms with van der Waals surface area (Å²) in [7, 11) is 0. The molecule has 1 aliphatic rings. The molecule has 0 spiro atoms. The summed E-state index contributed by atoms with van der Waals surface area (Å²) < 4.78 is 0. The summed E-state index contributed by atoms with van der Waals surface area (Å²) in [5.41, 5.74) is -0.508. The maximum atomic E-state index is 10.2. The number of hydrogen-bond acceptors (Lipinski definition) is 3. The lowest BCUT2D eigenvalue weighted by molar-refractivity contribution is 0.0224. The van der Waals surface area contributed by atoms with Crippen molar-refractivity contribution in [1.82, 2.24) is 5.32 Å². The molecule has 0 aromatic heterocycles. The minimum Gasteiger partial charge on any atom is -0.396 e.